The van der Waals surface area contributed by atoms with Crippen LogP contribution in [0, 0.1) is 0 Å². The Bertz CT molecular complexity index is 1110. The molecular weight excluding hydrogens is 422 g/mol. The van der Waals surface area contributed by atoms with Crippen molar-refractivity contribution in [2.45, 2.75) is 38.6 Å². The third kappa shape index (κ3) is 4.62. The number of ether oxygens (including phenoxy) is 2. The molecule has 1 N–H and O–H groups in total. The summed E-state index contributed by atoms with van der Waals surface area (Å²) in [6.07, 6.45) is 0.560. The van der Waals surface area contributed by atoms with Gasteiger partial charge in [0.2, 0.25) is 11.8 Å². The lowest BCUT2D eigenvalue weighted by Gasteiger charge is -2.29. The highest BCUT2D eigenvalue weighted by Crippen LogP contribution is 2.34. The molecule has 0 spiro atoms. The third-order valence-electron chi connectivity index (χ3n) is 6.34. The largest absolute Gasteiger partial charge is 0.489 e. The highest BCUT2D eigenvalue weighted by molar-refractivity contribution is 6.05. The number of fused-ring (bicyclic) bond motifs is 1. The minimum Gasteiger partial charge on any atom is -0.489 e. The number of nitrogens with zero attached hydrogens (tertiary/aromatic N) is 2. The maximum atomic E-state index is 13.0. The molecule has 0 aromatic heterocycles. The summed E-state index contributed by atoms with van der Waals surface area (Å²) in [5.41, 5.74) is 3.49. The van der Waals surface area contributed by atoms with Crippen LogP contribution in [0.3, 0.4) is 0 Å². The number of rotatable bonds is 6. The number of hydrogen-bond acceptors (Lipinski definition) is 6. The van der Waals surface area contributed by atoms with Crippen molar-refractivity contribution in [1.29, 1.82) is 0 Å². The molecule has 2 aromatic carbocycles. The fourth-order valence-electron chi connectivity index (χ4n) is 4.51. The van der Waals surface area contributed by atoms with Crippen molar-refractivity contribution in [2.24, 2.45) is 0 Å². The molecule has 2 aromatic rings. The molecule has 0 saturated carbocycles. The smallest absolute Gasteiger partial charge is 0.255 e. The zero-order valence-corrected chi connectivity index (χ0v) is 18.3. The molecule has 5 rings (SSSR count). The number of benzene rings is 2. The van der Waals surface area contributed by atoms with Crippen LogP contribution in [0.25, 0.3) is 0 Å². The van der Waals surface area contributed by atoms with Crippen molar-refractivity contribution in [3.63, 3.8) is 0 Å². The van der Waals surface area contributed by atoms with Crippen LogP contribution in [-0.2, 0) is 34.0 Å². The summed E-state index contributed by atoms with van der Waals surface area (Å²) >= 11 is 0. The van der Waals surface area contributed by atoms with Crippen LogP contribution in [0.1, 0.15) is 41.3 Å². The number of imide groups is 1. The zero-order chi connectivity index (χ0) is 23.7. The van der Waals surface area contributed by atoms with Gasteiger partial charge >= 0.3 is 0 Å². The lowest BCUT2D eigenvalue weighted by molar-refractivity contribution is -0.136. The molecule has 0 radical (unpaired) electrons. The van der Waals surface area contributed by atoms with E-state index in [2.05, 4.69) is 22.3 Å². The van der Waals surface area contributed by atoms with Crippen LogP contribution < -0.4 is 10.1 Å². The van der Waals surface area contributed by atoms with Gasteiger partial charge in [0, 0.05) is 37.2 Å². The normalized spacial score (nSPS) is 23.8. The molecule has 3 amide bonds. The fraction of sp³-hybridized carbons (Fsp3) is 0.400. The molecule has 8 heteroatoms. The van der Waals surface area contributed by atoms with Crippen molar-refractivity contribution in [2.75, 3.05) is 26.3 Å². The van der Waals surface area contributed by atoms with E-state index >= 15 is 0 Å². The van der Waals surface area contributed by atoms with Gasteiger partial charge in [0.25, 0.3) is 5.91 Å². The van der Waals surface area contributed by atoms with Gasteiger partial charge in [0.05, 0.1) is 21.1 Å². The molecule has 2 atom stereocenters. The van der Waals surface area contributed by atoms with Gasteiger partial charge in [-0.3, -0.25) is 24.6 Å². The molecule has 3 aliphatic rings. The summed E-state index contributed by atoms with van der Waals surface area (Å²) < 4.78 is 19.1. The van der Waals surface area contributed by atoms with Crippen molar-refractivity contribution >= 4 is 17.7 Å². The SMILES string of the molecule is [2H]C1CN(Cc2ccc(COc3cccc4c3CN(C3CCC(=O)NC3=O)C4=O)cc2)CCO1. The topological polar surface area (TPSA) is 88.2 Å². The lowest BCUT2D eigenvalue weighted by atomic mass is 10.0. The Labute approximate surface area is 193 Å². The second-order valence-electron chi connectivity index (χ2n) is 8.56. The first-order valence-electron chi connectivity index (χ1n) is 11.8. The van der Waals surface area contributed by atoms with E-state index in [0.717, 1.165) is 24.2 Å². The maximum Gasteiger partial charge on any atom is 0.255 e. The third-order valence-corrected chi connectivity index (χ3v) is 6.34. The lowest BCUT2D eigenvalue weighted by Crippen LogP contribution is -2.52. The second-order valence-corrected chi connectivity index (χ2v) is 8.56. The quantitative estimate of drug-likeness (QED) is 0.676. The van der Waals surface area contributed by atoms with E-state index in [9.17, 15) is 14.4 Å². The van der Waals surface area contributed by atoms with E-state index in [1.807, 2.05) is 18.2 Å². The molecule has 8 nitrogen and oxygen atoms in total. The van der Waals surface area contributed by atoms with E-state index in [4.69, 9.17) is 10.8 Å². The van der Waals surface area contributed by atoms with Gasteiger partial charge in [-0.05, 0) is 29.7 Å². The molecule has 172 valence electrons. The van der Waals surface area contributed by atoms with Gasteiger partial charge in [0.1, 0.15) is 18.4 Å². The predicted octanol–water partition coefficient (Wildman–Crippen LogP) is 1.86. The van der Waals surface area contributed by atoms with E-state index < -0.39 is 18.5 Å². The number of nitrogens with one attached hydrogen (secondary N) is 1. The minimum absolute atomic E-state index is 0.211. The van der Waals surface area contributed by atoms with Gasteiger partial charge in [-0.2, -0.15) is 0 Å². The van der Waals surface area contributed by atoms with Gasteiger partial charge < -0.3 is 14.4 Å². The predicted molar refractivity (Wildman–Crippen MR) is 119 cm³/mol. The van der Waals surface area contributed by atoms with E-state index in [-0.39, 0.29) is 24.8 Å². The first-order valence-corrected chi connectivity index (χ1v) is 11.2. The van der Waals surface area contributed by atoms with Gasteiger partial charge in [-0.25, -0.2) is 0 Å². The van der Waals surface area contributed by atoms with Crippen LogP contribution >= 0.6 is 0 Å². The first-order chi connectivity index (χ1) is 16.5. The Balaban J connectivity index is 1.22. The second kappa shape index (κ2) is 9.33. The minimum atomic E-state index is -0.644. The molecule has 3 aliphatic heterocycles. The Morgan fingerprint density at radius 1 is 1.09 bits per heavy atom. The summed E-state index contributed by atoms with van der Waals surface area (Å²) in [6.45, 7) is 2.97. The van der Waals surface area contributed by atoms with Crippen LogP contribution in [0.5, 0.6) is 5.75 Å². The zero-order valence-electron chi connectivity index (χ0n) is 19.3. The molecule has 3 heterocycles. The Kier molecular flexibility index (Phi) is 5.76. The standard InChI is InChI=1S/C25H27N3O5/c29-23-9-8-21(24(30)26-23)28-15-20-19(25(28)31)2-1-3-22(20)33-16-18-6-4-17(5-7-18)14-27-10-12-32-13-11-27/h1-7,21H,8-16H2,(H,26,29,30)/i12D. The molecule has 0 aliphatic carbocycles. The average molecular weight is 451 g/mol. The highest BCUT2D eigenvalue weighted by Gasteiger charge is 2.40. The summed E-state index contributed by atoms with van der Waals surface area (Å²) in [5, 5.41) is 2.33. The van der Waals surface area contributed by atoms with Crippen molar-refractivity contribution in [1.82, 2.24) is 15.1 Å². The number of hydrogen-bond donors (Lipinski definition) is 1. The number of carbonyl (C=O) groups is 3. The van der Waals surface area contributed by atoms with Gasteiger partial charge in [-0.1, -0.05) is 30.3 Å². The van der Waals surface area contributed by atoms with Gasteiger partial charge in [-0.15, -0.1) is 0 Å². The van der Waals surface area contributed by atoms with E-state index in [1.54, 1.807) is 12.1 Å². The van der Waals surface area contributed by atoms with E-state index in [0.29, 0.717) is 37.5 Å². The Morgan fingerprint density at radius 2 is 1.91 bits per heavy atom. The van der Waals surface area contributed by atoms with E-state index in [1.165, 1.54) is 10.5 Å². The number of piperidine rings is 1. The van der Waals surface area contributed by atoms with Crippen LogP contribution in [-0.4, -0.2) is 59.8 Å². The Morgan fingerprint density at radius 3 is 2.70 bits per heavy atom. The number of morpholine rings is 1. The van der Waals surface area contributed by atoms with Crippen molar-refractivity contribution in [3.8, 4) is 5.75 Å². The first kappa shape index (κ1) is 20.4. The summed E-state index contributed by atoms with van der Waals surface area (Å²) in [6, 6.07) is 12.9. The maximum absolute atomic E-state index is 13.0. The van der Waals surface area contributed by atoms with Crippen LogP contribution in [0.4, 0.5) is 0 Å². The molecule has 0 bridgehead atoms. The average Bonchev–Trinajstić information content (AvgIpc) is 3.15. The Hall–Kier alpha value is -3.23. The highest BCUT2D eigenvalue weighted by atomic mass is 16.5. The molecular formula is C25H27N3O5. The number of amides is 3. The van der Waals surface area contributed by atoms with Gasteiger partial charge in [0.15, 0.2) is 0 Å². The van der Waals surface area contributed by atoms with Crippen molar-refractivity contribution < 1.29 is 25.2 Å². The summed E-state index contributed by atoms with van der Waals surface area (Å²) in [5.74, 6) is -0.307. The molecule has 2 unspecified atom stereocenters. The summed E-state index contributed by atoms with van der Waals surface area (Å²) in [4.78, 5) is 40.4. The number of carbonyl (C=O) groups excluding carboxylic acids is 3. The molecule has 33 heavy (non-hydrogen) atoms. The molecule has 2 saturated heterocycles. The fourth-order valence-corrected chi connectivity index (χ4v) is 4.51. The monoisotopic (exact) mass is 450 g/mol. The van der Waals surface area contributed by atoms with Crippen molar-refractivity contribution in [3.05, 3.63) is 64.7 Å². The summed E-state index contributed by atoms with van der Waals surface area (Å²) in [7, 11) is 0. The van der Waals surface area contributed by atoms with Crippen LogP contribution in [0.2, 0.25) is 0 Å². The van der Waals surface area contributed by atoms with Crippen LogP contribution in [0.15, 0.2) is 42.5 Å². The molecule has 2 fully saturated rings.